The molecule has 0 spiro atoms. The molecule has 0 aromatic heterocycles. The van der Waals surface area contributed by atoms with Gasteiger partial charge in [-0.15, -0.1) is 0 Å². The number of halogens is 5. The van der Waals surface area contributed by atoms with Crippen molar-refractivity contribution >= 4 is 5.91 Å². The van der Waals surface area contributed by atoms with Gasteiger partial charge in [0.15, 0.2) is 0 Å². The van der Waals surface area contributed by atoms with Gasteiger partial charge in [-0.25, -0.2) is 8.78 Å². The molecule has 0 saturated carbocycles. The van der Waals surface area contributed by atoms with Crippen molar-refractivity contribution in [2.24, 2.45) is 5.92 Å². The summed E-state index contributed by atoms with van der Waals surface area (Å²) >= 11 is 0. The highest BCUT2D eigenvalue weighted by molar-refractivity contribution is 5.82. The summed E-state index contributed by atoms with van der Waals surface area (Å²) in [6, 6.07) is 11.5. The average molecular weight is 459 g/mol. The molecule has 3 atom stereocenters. The van der Waals surface area contributed by atoms with Crippen LogP contribution in [-0.2, 0) is 26.4 Å². The molecule has 0 aliphatic carbocycles. The number of carbonyl (C=O) groups is 1. The third-order valence-electron chi connectivity index (χ3n) is 5.43. The number of benzene rings is 2. The Hall–Kier alpha value is -2.56. The van der Waals surface area contributed by atoms with Crippen LogP contribution in [0, 0.1) is 17.6 Å². The van der Waals surface area contributed by atoms with Crippen molar-refractivity contribution in [1.29, 1.82) is 0 Å². The SMILES string of the molecule is O=C(N[C@@]1(c2ccc(F)cc2F)CO[C@@H](COCc2ccccc2)C[C@H]1CO)C(F)(F)F. The standard InChI is InChI=1S/C22H22F5NO4/c23-16-6-7-18(19(24)9-16)21(28-20(30)22(25,26)27)13-32-17(8-15(21)10-29)12-31-11-14-4-2-1-3-5-14/h1-7,9,15,17,29H,8,10-13H2,(H,28,30)/t15-,17+,21-/m0/s1. The highest BCUT2D eigenvalue weighted by atomic mass is 19.4. The molecule has 1 saturated heterocycles. The Kier molecular flexibility index (Phi) is 7.47. The fraction of sp³-hybridized carbons (Fsp3) is 0.409. The smallest absolute Gasteiger partial charge is 0.396 e. The van der Waals surface area contributed by atoms with Gasteiger partial charge in [0.2, 0.25) is 0 Å². The van der Waals surface area contributed by atoms with E-state index in [1.165, 1.54) is 0 Å². The van der Waals surface area contributed by atoms with Crippen LogP contribution in [0.4, 0.5) is 22.0 Å². The van der Waals surface area contributed by atoms with Crippen LogP contribution in [0.5, 0.6) is 0 Å². The van der Waals surface area contributed by atoms with Crippen LogP contribution in [0.1, 0.15) is 17.5 Å². The Balaban J connectivity index is 1.81. The molecule has 32 heavy (non-hydrogen) atoms. The molecular weight excluding hydrogens is 437 g/mol. The summed E-state index contributed by atoms with van der Waals surface area (Å²) in [5, 5.41) is 11.7. The summed E-state index contributed by atoms with van der Waals surface area (Å²) in [6.45, 7) is -0.900. The Morgan fingerprint density at radius 1 is 1.19 bits per heavy atom. The molecule has 10 heteroatoms. The minimum atomic E-state index is -5.25. The summed E-state index contributed by atoms with van der Waals surface area (Å²) in [5.41, 5.74) is -1.55. The van der Waals surface area contributed by atoms with Crippen molar-refractivity contribution in [3.8, 4) is 0 Å². The average Bonchev–Trinajstić information content (AvgIpc) is 2.74. The van der Waals surface area contributed by atoms with Gasteiger partial charge in [-0.1, -0.05) is 36.4 Å². The van der Waals surface area contributed by atoms with Crippen LogP contribution >= 0.6 is 0 Å². The number of aliphatic hydroxyl groups is 1. The molecule has 0 unspecified atom stereocenters. The Morgan fingerprint density at radius 2 is 1.91 bits per heavy atom. The van der Waals surface area contributed by atoms with Crippen molar-refractivity contribution in [3.63, 3.8) is 0 Å². The van der Waals surface area contributed by atoms with Gasteiger partial charge < -0.3 is 19.9 Å². The highest BCUT2D eigenvalue weighted by Crippen LogP contribution is 2.40. The first kappa shape index (κ1) is 24.1. The zero-order chi connectivity index (χ0) is 23.4. The topological polar surface area (TPSA) is 67.8 Å². The van der Waals surface area contributed by atoms with Gasteiger partial charge in [0.1, 0.15) is 11.6 Å². The maximum atomic E-state index is 14.6. The van der Waals surface area contributed by atoms with Crippen molar-refractivity contribution < 1.29 is 41.3 Å². The molecule has 174 valence electrons. The number of hydrogen-bond donors (Lipinski definition) is 2. The largest absolute Gasteiger partial charge is 0.471 e. The maximum Gasteiger partial charge on any atom is 0.471 e. The van der Waals surface area contributed by atoms with E-state index in [-0.39, 0.29) is 19.6 Å². The molecular formula is C22H22F5NO4. The molecule has 0 radical (unpaired) electrons. The number of ether oxygens (including phenoxy) is 2. The monoisotopic (exact) mass is 459 g/mol. The fourth-order valence-corrected chi connectivity index (χ4v) is 3.81. The van der Waals surface area contributed by atoms with Crippen LogP contribution in [0.3, 0.4) is 0 Å². The van der Waals surface area contributed by atoms with Gasteiger partial charge in [0.25, 0.3) is 0 Å². The third-order valence-corrected chi connectivity index (χ3v) is 5.43. The Bertz CT molecular complexity index is 924. The lowest BCUT2D eigenvalue weighted by atomic mass is 9.74. The minimum Gasteiger partial charge on any atom is -0.396 e. The predicted octanol–water partition coefficient (Wildman–Crippen LogP) is 3.45. The summed E-state index contributed by atoms with van der Waals surface area (Å²) in [5.74, 6) is -5.46. The summed E-state index contributed by atoms with van der Waals surface area (Å²) in [7, 11) is 0. The molecule has 1 aliphatic rings. The summed E-state index contributed by atoms with van der Waals surface area (Å²) in [6.07, 6.45) is -5.89. The van der Waals surface area contributed by atoms with Crippen molar-refractivity contribution in [1.82, 2.24) is 5.32 Å². The van der Waals surface area contributed by atoms with E-state index >= 15 is 0 Å². The van der Waals surface area contributed by atoms with E-state index in [0.29, 0.717) is 6.07 Å². The van der Waals surface area contributed by atoms with Crippen molar-refractivity contribution in [2.45, 2.75) is 30.8 Å². The number of aliphatic hydroxyl groups excluding tert-OH is 1. The lowest BCUT2D eigenvalue weighted by Crippen LogP contribution is -2.62. The molecule has 1 fully saturated rings. The number of rotatable bonds is 7. The van der Waals surface area contributed by atoms with Gasteiger partial charge in [-0.2, -0.15) is 13.2 Å². The van der Waals surface area contributed by atoms with Crippen LogP contribution in [0.2, 0.25) is 0 Å². The fourth-order valence-electron chi connectivity index (χ4n) is 3.81. The maximum absolute atomic E-state index is 14.6. The lowest BCUT2D eigenvalue weighted by molar-refractivity contribution is -0.182. The number of carbonyl (C=O) groups excluding carboxylic acids is 1. The highest BCUT2D eigenvalue weighted by Gasteiger charge is 2.52. The number of alkyl halides is 3. The Morgan fingerprint density at radius 3 is 2.53 bits per heavy atom. The number of amides is 1. The molecule has 1 aliphatic heterocycles. The number of nitrogens with one attached hydrogen (secondary N) is 1. The van der Waals surface area contributed by atoms with Crippen LogP contribution in [0.15, 0.2) is 48.5 Å². The van der Waals surface area contributed by atoms with E-state index in [2.05, 4.69) is 0 Å². The van der Waals surface area contributed by atoms with Gasteiger partial charge in [-0.05, 0) is 18.1 Å². The zero-order valence-corrected chi connectivity index (χ0v) is 16.9. The molecule has 3 rings (SSSR count). The molecule has 5 nitrogen and oxygen atoms in total. The van der Waals surface area contributed by atoms with Gasteiger partial charge in [0, 0.05) is 24.2 Å². The van der Waals surface area contributed by atoms with Gasteiger partial charge >= 0.3 is 12.1 Å². The molecule has 1 amide bonds. The van der Waals surface area contributed by atoms with Crippen LogP contribution in [0.25, 0.3) is 0 Å². The second kappa shape index (κ2) is 9.93. The minimum absolute atomic E-state index is 0.0275. The van der Waals surface area contributed by atoms with Crippen LogP contribution < -0.4 is 5.32 Å². The van der Waals surface area contributed by atoms with Crippen LogP contribution in [-0.4, -0.2) is 43.1 Å². The van der Waals surface area contributed by atoms with Gasteiger partial charge in [0.05, 0.1) is 31.5 Å². The normalized spacial score (nSPS) is 23.7. The number of hydrogen-bond acceptors (Lipinski definition) is 4. The first-order chi connectivity index (χ1) is 15.2. The van der Waals surface area contributed by atoms with E-state index in [9.17, 15) is 31.9 Å². The quantitative estimate of drug-likeness (QED) is 0.623. The second-order valence-electron chi connectivity index (χ2n) is 7.60. The van der Waals surface area contributed by atoms with E-state index in [0.717, 1.165) is 17.7 Å². The predicted molar refractivity (Wildman–Crippen MR) is 103 cm³/mol. The van der Waals surface area contributed by atoms with E-state index in [1.54, 1.807) is 5.32 Å². The Labute approximate surface area is 181 Å². The summed E-state index contributed by atoms with van der Waals surface area (Å²) < 4.78 is 78.2. The van der Waals surface area contributed by atoms with E-state index in [1.807, 2.05) is 30.3 Å². The second-order valence-corrected chi connectivity index (χ2v) is 7.60. The lowest BCUT2D eigenvalue weighted by Gasteiger charge is -2.46. The van der Waals surface area contributed by atoms with E-state index in [4.69, 9.17) is 9.47 Å². The third kappa shape index (κ3) is 5.43. The molecule has 2 aromatic rings. The van der Waals surface area contributed by atoms with Crippen molar-refractivity contribution in [2.75, 3.05) is 19.8 Å². The molecule has 2 aromatic carbocycles. The first-order valence-electron chi connectivity index (χ1n) is 9.84. The summed E-state index contributed by atoms with van der Waals surface area (Å²) in [4.78, 5) is 11.8. The van der Waals surface area contributed by atoms with Gasteiger partial charge in [-0.3, -0.25) is 4.79 Å². The molecule has 0 bridgehead atoms. The zero-order valence-electron chi connectivity index (χ0n) is 16.9. The van der Waals surface area contributed by atoms with Crippen molar-refractivity contribution in [3.05, 3.63) is 71.3 Å². The first-order valence-corrected chi connectivity index (χ1v) is 9.84. The molecule has 2 N–H and O–H groups in total. The van der Waals surface area contributed by atoms with E-state index < -0.39 is 60.1 Å². The molecule has 1 heterocycles.